The highest BCUT2D eigenvalue weighted by Crippen LogP contribution is 2.29. The van der Waals surface area contributed by atoms with E-state index in [2.05, 4.69) is 43.2 Å². The van der Waals surface area contributed by atoms with Crippen molar-refractivity contribution in [1.29, 1.82) is 0 Å². The molecule has 2 rings (SSSR count). The van der Waals surface area contributed by atoms with Crippen molar-refractivity contribution in [3.8, 4) is 0 Å². The third kappa shape index (κ3) is 3.25. The summed E-state index contributed by atoms with van der Waals surface area (Å²) in [4.78, 5) is 5.18. The molecule has 1 N–H and O–H groups in total. The topological polar surface area (TPSA) is 18.5 Å². The largest absolute Gasteiger partial charge is 0.315 e. The van der Waals surface area contributed by atoms with E-state index in [0.717, 1.165) is 18.0 Å². The Morgan fingerprint density at radius 2 is 2.00 bits per heavy atom. The minimum Gasteiger partial charge on any atom is -0.315 e. The van der Waals surface area contributed by atoms with Gasteiger partial charge in [0.05, 0.1) is 0 Å². The lowest BCUT2D eigenvalue weighted by Gasteiger charge is -2.46. The molecule has 3 heteroatoms. The molecule has 1 heterocycles. The molecule has 0 aromatic carbocycles. The van der Waals surface area contributed by atoms with Crippen molar-refractivity contribution in [2.75, 3.05) is 34.2 Å². The third-order valence-corrected chi connectivity index (χ3v) is 5.15. The molecule has 1 saturated carbocycles. The first kappa shape index (κ1) is 14.3. The molecule has 1 aliphatic carbocycles. The van der Waals surface area contributed by atoms with Crippen molar-refractivity contribution in [3.63, 3.8) is 0 Å². The van der Waals surface area contributed by atoms with Gasteiger partial charge >= 0.3 is 0 Å². The number of nitrogens with one attached hydrogen (secondary N) is 1. The summed E-state index contributed by atoms with van der Waals surface area (Å²) in [7, 11) is 6.75. The van der Waals surface area contributed by atoms with Crippen LogP contribution in [0.5, 0.6) is 0 Å². The number of rotatable bonds is 3. The van der Waals surface area contributed by atoms with Crippen LogP contribution in [-0.2, 0) is 0 Å². The Morgan fingerprint density at radius 1 is 1.22 bits per heavy atom. The first-order valence-corrected chi connectivity index (χ1v) is 7.69. The Balaban J connectivity index is 1.98. The molecule has 0 radical (unpaired) electrons. The first-order valence-electron chi connectivity index (χ1n) is 7.69. The summed E-state index contributed by atoms with van der Waals surface area (Å²) in [6.45, 7) is 4.94. The van der Waals surface area contributed by atoms with Crippen LogP contribution in [0.4, 0.5) is 0 Å². The maximum absolute atomic E-state index is 3.55. The van der Waals surface area contributed by atoms with Gasteiger partial charge in [-0.15, -0.1) is 0 Å². The molecule has 0 amide bonds. The van der Waals surface area contributed by atoms with E-state index in [0.29, 0.717) is 6.04 Å². The van der Waals surface area contributed by atoms with Crippen molar-refractivity contribution >= 4 is 0 Å². The van der Waals surface area contributed by atoms with Gasteiger partial charge in [0.2, 0.25) is 0 Å². The van der Waals surface area contributed by atoms with Crippen LogP contribution in [0.25, 0.3) is 0 Å². The first-order chi connectivity index (χ1) is 8.61. The maximum Gasteiger partial charge on any atom is 0.0252 e. The molecule has 0 spiro atoms. The van der Waals surface area contributed by atoms with Crippen molar-refractivity contribution in [2.45, 2.75) is 57.2 Å². The molecule has 3 nitrogen and oxygen atoms in total. The monoisotopic (exact) mass is 253 g/mol. The highest BCUT2D eigenvalue weighted by molar-refractivity contribution is 4.92. The van der Waals surface area contributed by atoms with Crippen LogP contribution < -0.4 is 5.32 Å². The van der Waals surface area contributed by atoms with Crippen molar-refractivity contribution in [2.24, 2.45) is 5.92 Å². The highest BCUT2D eigenvalue weighted by atomic mass is 15.2. The highest BCUT2D eigenvalue weighted by Gasteiger charge is 2.34. The van der Waals surface area contributed by atoms with Gasteiger partial charge in [-0.25, -0.2) is 0 Å². The molecule has 0 bridgehead atoms. The molecule has 18 heavy (non-hydrogen) atoms. The van der Waals surface area contributed by atoms with Crippen LogP contribution in [0.2, 0.25) is 0 Å². The fourth-order valence-electron chi connectivity index (χ4n) is 3.88. The molecular weight excluding hydrogens is 222 g/mol. The summed E-state index contributed by atoms with van der Waals surface area (Å²) >= 11 is 0. The smallest absolute Gasteiger partial charge is 0.0252 e. The number of hydrogen-bond donors (Lipinski definition) is 1. The minimum atomic E-state index is 0.693. The number of hydrogen-bond acceptors (Lipinski definition) is 3. The summed E-state index contributed by atoms with van der Waals surface area (Å²) in [5, 5.41) is 3.55. The Labute approximate surface area is 113 Å². The molecule has 2 aliphatic rings. The molecule has 1 aliphatic heterocycles. The Morgan fingerprint density at radius 3 is 2.67 bits per heavy atom. The molecule has 4 unspecified atom stereocenters. The normalized spacial score (nSPS) is 39.2. The van der Waals surface area contributed by atoms with Gasteiger partial charge in [-0.3, -0.25) is 4.90 Å². The molecule has 1 saturated heterocycles. The van der Waals surface area contributed by atoms with E-state index < -0.39 is 0 Å². The van der Waals surface area contributed by atoms with Gasteiger partial charge < -0.3 is 10.2 Å². The SMILES string of the molecule is CNC1CCC(C)CC1N(C)C1CCCN(C)C1. The number of nitrogens with zero attached hydrogens (tertiary/aromatic N) is 2. The molecule has 0 aromatic heterocycles. The fraction of sp³-hybridized carbons (Fsp3) is 1.00. The van der Waals surface area contributed by atoms with E-state index in [9.17, 15) is 0 Å². The van der Waals surface area contributed by atoms with Crippen LogP contribution in [0.3, 0.4) is 0 Å². The van der Waals surface area contributed by atoms with E-state index in [1.165, 1.54) is 45.2 Å². The zero-order chi connectivity index (χ0) is 13.1. The second-order valence-corrected chi connectivity index (χ2v) is 6.60. The lowest BCUT2D eigenvalue weighted by Crippen LogP contribution is -2.56. The van der Waals surface area contributed by atoms with Crippen LogP contribution in [0.15, 0.2) is 0 Å². The van der Waals surface area contributed by atoms with Crippen molar-refractivity contribution in [1.82, 2.24) is 15.1 Å². The molecule has 2 fully saturated rings. The fourth-order valence-corrected chi connectivity index (χ4v) is 3.88. The van der Waals surface area contributed by atoms with Crippen LogP contribution in [0.1, 0.15) is 39.0 Å². The Kier molecular flexibility index (Phi) is 5.05. The van der Waals surface area contributed by atoms with Crippen molar-refractivity contribution < 1.29 is 0 Å². The summed E-state index contributed by atoms with van der Waals surface area (Å²) in [5.74, 6) is 0.892. The average molecular weight is 253 g/mol. The Bertz CT molecular complexity index is 256. The molecular formula is C15H31N3. The standard InChI is InChI=1S/C15H31N3/c1-12-7-8-14(16-2)15(10-12)18(4)13-6-5-9-17(3)11-13/h12-16H,5-11H2,1-4H3. The summed E-state index contributed by atoms with van der Waals surface area (Å²) in [6.07, 6.45) is 6.83. The van der Waals surface area contributed by atoms with Crippen LogP contribution >= 0.6 is 0 Å². The van der Waals surface area contributed by atoms with Gasteiger partial charge in [-0.05, 0) is 65.7 Å². The van der Waals surface area contributed by atoms with E-state index in [1.807, 2.05) is 0 Å². The Hall–Kier alpha value is -0.120. The van der Waals surface area contributed by atoms with E-state index in [-0.39, 0.29) is 0 Å². The van der Waals surface area contributed by atoms with E-state index in [1.54, 1.807) is 0 Å². The quantitative estimate of drug-likeness (QED) is 0.827. The predicted octanol–water partition coefficient (Wildman–Crippen LogP) is 1.79. The average Bonchev–Trinajstić information content (AvgIpc) is 2.38. The molecule has 0 aromatic rings. The molecule has 4 atom stereocenters. The number of piperidine rings is 1. The van der Waals surface area contributed by atoms with Crippen molar-refractivity contribution in [3.05, 3.63) is 0 Å². The van der Waals surface area contributed by atoms with E-state index >= 15 is 0 Å². The summed E-state index contributed by atoms with van der Waals surface area (Å²) < 4.78 is 0. The van der Waals surface area contributed by atoms with Gasteiger partial charge in [0.15, 0.2) is 0 Å². The zero-order valence-corrected chi connectivity index (χ0v) is 12.7. The van der Waals surface area contributed by atoms with Gasteiger partial charge in [0.25, 0.3) is 0 Å². The zero-order valence-electron chi connectivity index (χ0n) is 12.7. The van der Waals surface area contributed by atoms with Crippen LogP contribution in [-0.4, -0.2) is 62.2 Å². The second-order valence-electron chi connectivity index (χ2n) is 6.60. The minimum absolute atomic E-state index is 0.693. The van der Waals surface area contributed by atoms with Crippen LogP contribution in [0, 0.1) is 5.92 Å². The lowest BCUT2D eigenvalue weighted by molar-refractivity contribution is 0.0539. The van der Waals surface area contributed by atoms with Gasteiger partial charge in [-0.1, -0.05) is 6.92 Å². The maximum atomic E-state index is 3.55. The lowest BCUT2D eigenvalue weighted by atomic mass is 9.82. The predicted molar refractivity (Wildman–Crippen MR) is 77.9 cm³/mol. The summed E-state index contributed by atoms with van der Waals surface area (Å²) in [5.41, 5.74) is 0. The number of likely N-dealkylation sites (tertiary alicyclic amines) is 1. The summed E-state index contributed by atoms with van der Waals surface area (Å²) in [6, 6.07) is 2.18. The number of likely N-dealkylation sites (N-methyl/N-ethyl adjacent to an activating group) is 3. The van der Waals surface area contributed by atoms with Gasteiger partial charge in [0.1, 0.15) is 0 Å². The van der Waals surface area contributed by atoms with E-state index in [4.69, 9.17) is 0 Å². The third-order valence-electron chi connectivity index (χ3n) is 5.15. The second kappa shape index (κ2) is 6.36. The van der Waals surface area contributed by atoms with Gasteiger partial charge in [-0.2, -0.15) is 0 Å². The molecule has 106 valence electrons. The van der Waals surface area contributed by atoms with Gasteiger partial charge in [0, 0.05) is 24.7 Å².